The lowest BCUT2D eigenvalue weighted by molar-refractivity contribution is 0.111. The van der Waals surface area contributed by atoms with Gasteiger partial charge in [0.2, 0.25) is 0 Å². The minimum atomic E-state index is 0.361. The van der Waals surface area contributed by atoms with Crippen LogP contribution < -0.4 is 0 Å². The van der Waals surface area contributed by atoms with Crippen LogP contribution in [0.2, 0.25) is 0 Å². The summed E-state index contributed by atoms with van der Waals surface area (Å²) in [5.74, 6) is 1.53. The second-order valence-electron chi connectivity index (χ2n) is 5.38. The van der Waals surface area contributed by atoms with E-state index in [9.17, 15) is 0 Å². The molecule has 86 valence electrons. The van der Waals surface area contributed by atoms with Crippen LogP contribution in [0.4, 0.5) is 0 Å². The first-order chi connectivity index (χ1) is 7.22. The zero-order valence-corrected chi connectivity index (χ0v) is 11.1. The van der Waals surface area contributed by atoms with Gasteiger partial charge in [0.05, 0.1) is 0 Å². The van der Waals surface area contributed by atoms with Crippen molar-refractivity contribution in [2.45, 2.75) is 45.4 Å². The molecular weight excluding hydrogens is 252 g/mol. The number of aliphatic hydroxyl groups is 1. The van der Waals surface area contributed by atoms with Crippen LogP contribution in [0.3, 0.4) is 0 Å². The van der Waals surface area contributed by atoms with E-state index >= 15 is 0 Å². The number of allylic oxidation sites excluding steroid dienone is 1. The monoisotopic (exact) mass is 272 g/mol. The van der Waals surface area contributed by atoms with Crippen molar-refractivity contribution in [1.82, 2.24) is 0 Å². The van der Waals surface area contributed by atoms with Gasteiger partial charge in [0.1, 0.15) is 0 Å². The standard InChI is InChI=1S/C13H21BrO/c1-13-7-2-3-10(9-14)12(13)5-4-11(13)6-8-15/h9,11-12,15H,2-8H2,1H3/b10-9+. The molecule has 3 unspecified atom stereocenters. The molecule has 0 spiro atoms. The zero-order valence-electron chi connectivity index (χ0n) is 9.51. The van der Waals surface area contributed by atoms with Crippen molar-refractivity contribution >= 4 is 15.9 Å². The Hall–Kier alpha value is 0.180. The summed E-state index contributed by atoms with van der Waals surface area (Å²) in [7, 11) is 0. The van der Waals surface area contributed by atoms with Gasteiger partial charge in [-0.15, -0.1) is 0 Å². The van der Waals surface area contributed by atoms with Crippen molar-refractivity contribution in [1.29, 1.82) is 0 Å². The molecule has 1 nitrogen and oxygen atoms in total. The normalized spacial score (nSPS) is 43.3. The number of rotatable bonds is 2. The molecule has 0 aromatic rings. The average Bonchev–Trinajstić information content (AvgIpc) is 2.56. The van der Waals surface area contributed by atoms with Crippen molar-refractivity contribution in [3.8, 4) is 0 Å². The molecule has 0 heterocycles. The van der Waals surface area contributed by atoms with Crippen LogP contribution >= 0.6 is 15.9 Å². The highest BCUT2D eigenvalue weighted by atomic mass is 79.9. The molecule has 0 aromatic heterocycles. The molecule has 2 aliphatic rings. The number of halogens is 1. The first-order valence-electron chi connectivity index (χ1n) is 6.12. The van der Waals surface area contributed by atoms with Gasteiger partial charge in [-0.05, 0) is 60.8 Å². The molecule has 0 aromatic carbocycles. The van der Waals surface area contributed by atoms with Gasteiger partial charge < -0.3 is 5.11 Å². The molecule has 15 heavy (non-hydrogen) atoms. The second-order valence-corrected chi connectivity index (χ2v) is 5.84. The van der Waals surface area contributed by atoms with Crippen molar-refractivity contribution < 1.29 is 5.11 Å². The van der Waals surface area contributed by atoms with Gasteiger partial charge in [-0.3, -0.25) is 0 Å². The minimum Gasteiger partial charge on any atom is -0.396 e. The number of fused-ring (bicyclic) bond motifs is 1. The van der Waals surface area contributed by atoms with Gasteiger partial charge in [0.15, 0.2) is 0 Å². The molecule has 0 saturated heterocycles. The molecule has 3 atom stereocenters. The summed E-state index contributed by atoms with van der Waals surface area (Å²) in [6, 6.07) is 0. The first kappa shape index (κ1) is 11.7. The molecule has 2 heteroatoms. The molecule has 0 radical (unpaired) electrons. The van der Waals surface area contributed by atoms with E-state index < -0.39 is 0 Å². The van der Waals surface area contributed by atoms with Gasteiger partial charge in [-0.1, -0.05) is 28.4 Å². The Morgan fingerprint density at radius 1 is 1.53 bits per heavy atom. The van der Waals surface area contributed by atoms with E-state index in [1.165, 1.54) is 32.1 Å². The van der Waals surface area contributed by atoms with Crippen molar-refractivity contribution in [3.63, 3.8) is 0 Å². The van der Waals surface area contributed by atoms with Gasteiger partial charge in [-0.25, -0.2) is 0 Å². The van der Waals surface area contributed by atoms with Crippen LogP contribution in [0.25, 0.3) is 0 Å². The molecule has 0 amide bonds. The summed E-state index contributed by atoms with van der Waals surface area (Å²) in [5, 5.41) is 9.13. The van der Waals surface area contributed by atoms with Crippen LogP contribution in [-0.2, 0) is 0 Å². The van der Waals surface area contributed by atoms with E-state index in [0.29, 0.717) is 12.0 Å². The van der Waals surface area contributed by atoms with Crippen molar-refractivity contribution in [3.05, 3.63) is 10.6 Å². The molecule has 2 aliphatic carbocycles. The summed E-state index contributed by atoms with van der Waals surface area (Å²) in [6.45, 7) is 2.81. The van der Waals surface area contributed by atoms with Crippen LogP contribution in [-0.4, -0.2) is 11.7 Å². The predicted molar refractivity (Wildman–Crippen MR) is 66.9 cm³/mol. The fraction of sp³-hybridized carbons (Fsp3) is 0.846. The molecule has 2 fully saturated rings. The Bertz CT molecular complexity index is 261. The van der Waals surface area contributed by atoms with Gasteiger partial charge in [0, 0.05) is 6.61 Å². The Morgan fingerprint density at radius 2 is 2.33 bits per heavy atom. The number of aliphatic hydroxyl groups excluding tert-OH is 1. The first-order valence-corrected chi connectivity index (χ1v) is 7.04. The van der Waals surface area contributed by atoms with E-state index in [1.807, 2.05) is 0 Å². The van der Waals surface area contributed by atoms with Gasteiger partial charge in [-0.2, -0.15) is 0 Å². The van der Waals surface area contributed by atoms with Gasteiger partial charge >= 0.3 is 0 Å². The van der Waals surface area contributed by atoms with Crippen molar-refractivity contribution in [2.75, 3.05) is 6.61 Å². The number of hydrogen-bond acceptors (Lipinski definition) is 1. The summed E-state index contributed by atoms with van der Waals surface area (Å²) in [6.07, 6.45) is 7.60. The SMILES string of the molecule is CC12CCC/C(=C\Br)C1CCC2CCO. The lowest BCUT2D eigenvalue weighted by Gasteiger charge is -2.42. The Morgan fingerprint density at radius 3 is 3.00 bits per heavy atom. The molecular formula is C13H21BrO. The molecule has 2 saturated carbocycles. The highest BCUT2D eigenvalue weighted by Gasteiger charge is 2.48. The second kappa shape index (κ2) is 4.58. The van der Waals surface area contributed by atoms with E-state index in [4.69, 9.17) is 5.11 Å². The third kappa shape index (κ3) is 1.91. The van der Waals surface area contributed by atoms with Crippen molar-refractivity contribution in [2.24, 2.45) is 17.3 Å². The zero-order chi connectivity index (χ0) is 10.9. The maximum absolute atomic E-state index is 9.13. The largest absolute Gasteiger partial charge is 0.396 e. The molecule has 0 bridgehead atoms. The quantitative estimate of drug-likeness (QED) is 0.810. The maximum Gasteiger partial charge on any atom is 0.0433 e. The lowest BCUT2D eigenvalue weighted by Crippen LogP contribution is -2.33. The van der Waals surface area contributed by atoms with E-state index in [0.717, 1.165) is 18.3 Å². The van der Waals surface area contributed by atoms with Crippen LogP contribution in [0, 0.1) is 17.3 Å². The number of hydrogen-bond donors (Lipinski definition) is 1. The lowest BCUT2D eigenvalue weighted by atomic mass is 9.63. The highest BCUT2D eigenvalue weighted by molar-refractivity contribution is 9.11. The Balaban J connectivity index is 2.19. The van der Waals surface area contributed by atoms with E-state index in [-0.39, 0.29) is 0 Å². The highest BCUT2D eigenvalue weighted by Crippen LogP contribution is 2.58. The minimum absolute atomic E-state index is 0.361. The van der Waals surface area contributed by atoms with E-state index in [1.54, 1.807) is 5.57 Å². The summed E-state index contributed by atoms with van der Waals surface area (Å²) in [5.41, 5.74) is 2.09. The van der Waals surface area contributed by atoms with Crippen LogP contribution in [0.15, 0.2) is 10.6 Å². The summed E-state index contributed by atoms with van der Waals surface area (Å²) >= 11 is 3.52. The molecule has 2 rings (SSSR count). The maximum atomic E-state index is 9.13. The van der Waals surface area contributed by atoms with Gasteiger partial charge in [0.25, 0.3) is 0 Å². The third-order valence-electron chi connectivity index (χ3n) is 4.78. The fourth-order valence-electron chi connectivity index (χ4n) is 3.91. The van der Waals surface area contributed by atoms with Crippen LogP contribution in [0.5, 0.6) is 0 Å². The topological polar surface area (TPSA) is 20.2 Å². The smallest absolute Gasteiger partial charge is 0.0433 e. The van der Waals surface area contributed by atoms with E-state index in [2.05, 4.69) is 27.8 Å². The average molecular weight is 273 g/mol. The summed E-state index contributed by atoms with van der Waals surface area (Å²) in [4.78, 5) is 2.16. The molecule has 1 N–H and O–H groups in total. The van der Waals surface area contributed by atoms with Crippen LogP contribution in [0.1, 0.15) is 45.4 Å². The molecule has 0 aliphatic heterocycles. The predicted octanol–water partition coefficient (Wildman–Crippen LogP) is 3.86. The summed E-state index contributed by atoms with van der Waals surface area (Å²) < 4.78 is 0. The fourth-order valence-corrected chi connectivity index (χ4v) is 4.46. The third-order valence-corrected chi connectivity index (χ3v) is 5.37. The Labute approximate surface area is 101 Å². The Kier molecular flexibility index (Phi) is 3.56.